The van der Waals surface area contributed by atoms with Crippen LogP contribution in [0.4, 0.5) is 5.69 Å². The van der Waals surface area contributed by atoms with Crippen LogP contribution in [0.15, 0.2) is 84.9 Å². The van der Waals surface area contributed by atoms with Crippen LogP contribution < -0.4 is 4.90 Å². The second-order valence-corrected chi connectivity index (χ2v) is 6.37. The molecular weight excluding hydrogens is 290 g/mol. The summed E-state index contributed by atoms with van der Waals surface area (Å²) in [5.74, 6) is 0. The van der Waals surface area contributed by atoms with Crippen LogP contribution in [0.1, 0.15) is 18.5 Å². The van der Waals surface area contributed by atoms with Gasteiger partial charge in [-0.1, -0.05) is 78.9 Å². The van der Waals surface area contributed by atoms with Crippen molar-refractivity contribution >= 4 is 27.2 Å². The van der Waals surface area contributed by atoms with Gasteiger partial charge in [0.05, 0.1) is 11.7 Å². The topological polar surface area (TPSA) is 3.24 Å². The molecule has 0 aliphatic rings. The van der Waals surface area contributed by atoms with Crippen molar-refractivity contribution in [1.29, 1.82) is 0 Å². The summed E-state index contributed by atoms with van der Waals surface area (Å²) in [7, 11) is 2.20. The molecule has 0 saturated heterocycles. The predicted molar refractivity (Wildman–Crippen MR) is 105 cm³/mol. The van der Waals surface area contributed by atoms with Gasteiger partial charge in [-0.2, -0.15) is 0 Å². The van der Waals surface area contributed by atoms with Crippen molar-refractivity contribution in [3.63, 3.8) is 0 Å². The molecule has 0 N–H and O–H groups in total. The van der Waals surface area contributed by atoms with E-state index in [1.807, 2.05) is 0 Å². The Bertz CT molecular complexity index is 934. The molecule has 0 bridgehead atoms. The predicted octanol–water partition coefficient (Wildman–Crippen LogP) is 6.19. The van der Waals surface area contributed by atoms with Crippen molar-refractivity contribution in [2.45, 2.75) is 13.0 Å². The van der Waals surface area contributed by atoms with E-state index < -0.39 is 0 Å². The van der Waals surface area contributed by atoms with Gasteiger partial charge < -0.3 is 4.90 Å². The number of fused-ring (bicyclic) bond motifs is 2. The zero-order chi connectivity index (χ0) is 16.5. The number of hydrogen-bond acceptors (Lipinski definition) is 1. The van der Waals surface area contributed by atoms with Gasteiger partial charge in [-0.05, 0) is 29.3 Å². The molecule has 0 unspecified atom stereocenters. The van der Waals surface area contributed by atoms with Crippen LogP contribution in [0.5, 0.6) is 0 Å². The first-order valence-corrected chi connectivity index (χ1v) is 8.44. The lowest BCUT2D eigenvalue weighted by molar-refractivity contribution is 0.745. The highest BCUT2D eigenvalue weighted by Crippen LogP contribution is 2.38. The average Bonchev–Trinajstić information content (AvgIpc) is 2.65. The van der Waals surface area contributed by atoms with E-state index >= 15 is 0 Å². The molecule has 118 valence electrons. The maximum atomic E-state index is 2.40. The lowest BCUT2D eigenvalue weighted by Gasteiger charge is -2.30. The molecule has 1 atom stereocenters. The van der Waals surface area contributed by atoms with Crippen molar-refractivity contribution in [2.24, 2.45) is 0 Å². The van der Waals surface area contributed by atoms with Gasteiger partial charge in [0.25, 0.3) is 0 Å². The number of benzene rings is 4. The van der Waals surface area contributed by atoms with Crippen molar-refractivity contribution < 1.29 is 0 Å². The minimum Gasteiger partial charge on any atom is -0.367 e. The third-order valence-electron chi connectivity index (χ3n) is 4.96. The first-order chi connectivity index (χ1) is 11.8. The molecule has 24 heavy (non-hydrogen) atoms. The van der Waals surface area contributed by atoms with E-state index in [9.17, 15) is 0 Å². The summed E-state index contributed by atoms with van der Waals surface area (Å²) in [6.07, 6.45) is 0. The van der Waals surface area contributed by atoms with Crippen molar-refractivity contribution in [3.05, 3.63) is 90.5 Å². The highest BCUT2D eigenvalue weighted by molar-refractivity contribution is 6.11. The van der Waals surface area contributed by atoms with E-state index in [1.165, 1.54) is 32.8 Å². The molecule has 0 saturated carbocycles. The normalized spacial score (nSPS) is 12.4. The van der Waals surface area contributed by atoms with Gasteiger partial charge in [0.1, 0.15) is 0 Å². The van der Waals surface area contributed by atoms with Gasteiger partial charge in [0, 0.05) is 17.8 Å². The average molecular weight is 311 g/mol. The first-order valence-electron chi connectivity index (χ1n) is 8.44. The van der Waals surface area contributed by atoms with Gasteiger partial charge in [0.2, 0.25) is 0 Å². The molecule has 0 spiro atoms. The Hall–Kier alpha value is -2.80. The summed E-state index contributed by atoms with van der Waals surface area (Å²) in [6.45, 7) is 2.27. The zero-order valence-corrected chi connectivity index (χ0v) is 14.1. The summed E-state index contributed by atoms with van der Waals surface area (Å²) in [4.78, 5) is 2.40. The Labute approximate surface area is 143 Å². The van der Waals surface area contributed by atoms with E-state index in [4.69, 9.17) is 0 Å². The van der Waals surface area contributed by atoms with Gasteiger partial charge in [0.15, 0.2) is 0 Å². The van der Waals surface area contributed by atoms with E-state index in [0.717, 1.165) is 0 Å². The van der Waals surface area contributed by atoms with E-state index in [-0.39, 0.29) is 0 Å². The standard InChI is InChI=1S/C23H21N/c1-17(18-10-4-3-5-11-18)24(2)23-21-14-8-6-12-19(21)16-20-13-7-9-15-22(20)23/h3-17H,1-2H3/t17-/m1/s1. The summed E-state index contributed by atoms with van der Waals surface area (Å²) in [6, 6.07) is 30.6. The lowest BCUT2D eigenvalue weighted by atomic mass is 9.98. The SMILES string of the molecule is C[C@H](c1ccccc1)N(C)c1c2ccccc2cc2ccccc12. The molecule has 1 heteroatoms. The van der Waals surface area contributed by atoms with Crippen LogP contribution in [-0.2, 0) is 0 Å². The van der Waals surface area contributed by atoms with Crippen LogP contribution in [0.25, 0.3) is 21.5 Å². The quantitative estimate of drug-likeness (QED) is 0.408. The summed E-state index contributed by atoms with van der Waals surface area (Å²) in [5.41, 5.74) is 2.64. The monoisotopic (exact) mass is 311 g/mol. The Morgan fingerprint density at radius 2 is 1.17 bits per heavy atom. The van der Waals surface area contributed by atoms with Gasteiger partial charge >= 0.3 is 0 Å². The van der Waals surface area contributed by atoms with Crippen LogP contribution in [0.3, 0.4) is 0 Å². The fraction of sp³-hybridized carbons (Fsp3) is 0.130. The minimum atomic E-state index is 0.306. The lowest BCUT2D eigenvalue weighted by Crippen LogP contribution is -2.22. The Balaban J connectivity index is 1.96. The maximum Gasteiger partial charge on any atom is 0.0528 e. The Kier molecular flexibility index (Phi) is 3.70. The molecule has 0 amide bonds. The van der Waals surface area contributed by atoms with Crippen molar-refractivity contribution in [2.75, 3.05) is 11.9 Å². The smallest absolute Gasteiger partial charge is 0.0528 e. The molecule has 4 rings (SSSR count). The Morgan fingerprint density at radius 3 is 1.75 bits per heavy atom. The zero-order valence-electron chi connectivity index (χ0n) is 14.1. The summed E-state index contributed by atoms with van der Waals surface area (Å²) < 4.78 is 0. The molecular formula is C23H21N. The van der Waals surface area contributed by atoms with Crippen LogP contribution >= 0.6 is 0 Å². The fourth-order valence-corrected chi connectivity index (χ4v) is 3.52. The van der Waals surface area contributed by atoms with E-state index in [2.05, 4.69) is 104 Å². The Morgan fingerprint density at radius 1 is 0.667 bits per heavy atom. The van der Waals surface area contributed by atoms with E-state index in [0.29, 0.717) is 6.04 Å². The van der Waals surface area contributed by atoms with Crippen LogP contribution in [0, 0.1) is 0 Å². The summed E-state index contributed by atoms with van der Waals surface area (Å²) >= 11 is 0. The highest BCUT2D eigenvalue weighted by Gasteiger charge is 2.17. The number of anilines is 1. The maximum absolute atomic E-state index is 2.40. The molecule has 0 aromatic heterocycles. The van der Waals surface area contributed by atoms with Crippen LogP contribution in [0.2, 0.25) is 0 Å². The number of nitrogens with zero attached hydrogens (tertiary/aromatic N) is 1. The van der Waals surface area contributed by atoms with Gasteiger partial charge in [-0.25, -0.2) is 0 Å². The molecule has 1 nitrogen and oxygen atoms in total. The van der Waals surface area contributed by atoms with Crippen molar-refractivity contribution in [1.82, 2.24) is 0 Å². The first kappa shape index (κ1) is 14.8. The van der Waals surface area contributed by atoms with Gasteiger partial charge in [-0.15, -0.1) is 0 Å². The molecule has 0 fully saturated rings. The molecule has 0 radical (unpaired) electrons. The molecule has 0 aliphatic carbocycles. The highest BCUT2D eigenvalue weighted by atomic mass is 15.1. The second kappa shape index (κ2) is 6.01. The van der Waals surface area contributed by atoms with E-state index in [1.54, 1.807) is 0 Å². The molecule has 4 aromatic rings. The third-order valence-corrected chi connectivity index (χ3v) is 4.96. The molecule has 0 heterocycles. The second-order valence-electron chi connectivity index (χ2n) is 6.37. The molecule has 4 aromatic carbocycles. The number of hydrogen-bond donors (Lipinski definition) is 0. The largest absolute Gasteiger partial charge is 0.367 e. The van der Waals surface area contributed by atoms with Gasteiger partial charge in [-0.3, -0.25) is 0 Å². The fourth-order valence-electron chi connectivity index (χ4n) is 3.52. The number of rotatable bonds is 3. The third kappa shape index (κ3) is 2.43. The molecule has 0 aliphatic heterocycles. The summed E-state index contributed by atoms with van der Waals surface area (Å²) in [5, 5.41) is 5.19. The van der Waals surface area contributed by atoms with Crippen LogP contribution in [-0.4, -0.2) is 7.05 Å². The minimum absolute atomic E-state index is 0.306. The van der Waals surface area contributed by atoms with Crippen molar-refractivity contribution in [3.8, 4) is 0 Å².